The molecule has 0 fully saturated rings. The predicted molar refractivity (Wildman–Crippen MR) is 81.3 cm³/mol. The Hall–Kier alpha value is -3.10. The lowest BCUT2D eigenvalue weighted by Gasteiger charge is -2.10. The van der Waals surface area contributed by atoms with Gasteiger partial charge in [-0.2, -0.15) is 10.1 Å². The van der Waals surface area contributed by atoms with Crippen molar-refractivity contribution in [1.29, 1.82) is 0 Å². The maximum atomic E-state index is 11.7. The molecule has 2 rings (SSSR count). The molecule has 9 heteroatoms. The van der Waals surface area contributed by atoms with E-state index in [4.69, 9.17) is 9.47 Å². The Labute approximate surface area is 132 Å². The van der Waals surface area contributed by atoms with E-state index in [0.717, 1.165) is 5.56 Å². The summed E-state index contributed by atoms with van der Waals surface area (Å²) in [5.74, 6) is -0.202. The fraction of sp³-hybridized carbons (Fsp3) is 0.286. The van der Waals surface area contributed by atoms with Gasteiger partial charge >= 0.3 is 11.8 Å². The number of anilines is 1. The highest BCUT2D eigenvalue weighted by Crippen LogP contribution is 2.27. The molecule has 1 heterocycles. The third-order valence-electron chi connectivity index (χ3n) is 3.00. The van der Waals surface area contributed by atoms with E-state index in [2.05, 4.69) is 25.8 Å². The SMILES string of the molecule is COc1ccc(CCNC(=O)C(=O)Nc2ncn[nH]2)cc1OC. The lowest BCUT2D eigenvalue weighted by Crippen LogP contribution is -2.36. The summed E-state index contributed by atoms with van der Waals surface area (Å²) >= 11 is 0. The highest BCUT2D eigenvalue weighted by molar-refractivity contribution is 6.39. The highest BCUT2D eigenvalue weighted by atomic mass is 16.5. The van der Waals surface area contributed by atoms with Crippen LogP contribution in [0.15, 0.2) is 24.5 Å². The highest BCUT2D eigenvalue weighted by Gasteiger charge is 2.14. The van der Waals surface area contributed by atoms with E-state index < -0.39 is 11.8 Å². The number of carbonyl (C=O) groups is 2. The normalized spacial score (nSPS) is 10.0. The van der Waals surface area contributed by atoms with Gasteiger partial charge in [0.1, 0.15) is 6.33 Å². The summed E-state index contributed by atoms with van der Waals surface area (Å²) in [6, 6.07) is 5.47. The first-order valence-corrected chi connectivity index (χ1v) is 6.79. The van der Waals surface area contributed by atoms with E-state index in [1.54, 1.807) is 20.3 Å². The lowest BCUT2D eigenvalue weighted by atomic mass is 10.1. The summed E-state index contributed by atoms with van der Waals surface area (Å²) in [5, 5.41) is 10.8. The first-order valence-electron chi connectivity index (χ1n) is 6.79. The van der Waals surface area contributed by atoms with Crippen molar-refractivity contribution in [2.24, 2.45) is 0 Å². The van der Waals surface area contributed by atoms with Crippen LogP contribution in [0.1, 0.15) is 5.56 Å². The van der Waals surface area contributed by atoms with Gasteiger partial charge in [0.2, 0.25) is 5.95 Å². The monoisotopic (exact) mass is 319 g/mol. The van der Waals surface area contributed by atoms with Crippen molar-refractivity contribution in [3.63, 3.8) is 0 Å². The number of methoxy groups -OCH3 is 2. The van der Waals surface area contributed by atoms with Crippen LogP contribution in [-0.2, 0) is 16.0 Å². The molecule has 0 aliphatic rings. The van der Waals surface area contributed by atoms with Crippen molar-refractivity contribution in [2.75, 3.05) is 26.1 Å². The van der Waals surface area contributed by atoms with Gasteiger partial charge in [0.15, 0.2) is 11.5 Å². The van der Waals surface area contributed by atoms with Crippen LogP contribution in [0.2, 0.25) is 0 Å². The quantitative estimate of drug-likeness (QED) is 0.651. The minimum Gasteiger partial charge on any atom is -0.493 e. The number of hydrogen-bond acceptors (Lipinski definition) is 6. The number of nitrogens with one attached hydrogen (secondary N) is 3. The van der Waals surface area contributed by atoms with Gasteiger partial charge in [0.25, 0.3) is 0 Å². The molecule has 0 atom stereocenters. The van der Waals surface area contributed by atoms with Gasteiger partial charge < -0.3 is 14.8 Å². The number of H-pyrrole nitrogens is 1. The van der Waals surface area contributed by atoms with Gasteiger partial charge in [-0.3, -0.25) is 14.9 Å². The second-order valence-electron chi connectivity index (χ2n) is 4.48. The second-order valence-corrected chi connectivity index (χ2v) is 4.48. The van der Waals surface area contributed by atoms with Gasteiger partial charge in [-0.1, -0.05) is 6.07 Å². The van der Waals surface area contributed by atoms with Crippen LogP contribution < -0.4 is 20.1 Å². The van der Waals surface area contributed by atoms with Crippen LogP contribution in [0, 0.1) is 0 Å². The molecular formula is C14H17N5O4. The van der Waals surface area contributed by atoms with Gasteiger partial charge in [0, 0.05) is 6.54 Å². The molecule has 0 spiro atoms. The van der Waals surface area contributed by atoms with Crippen molar-refractivity contribution in [3.05, 3.63) is 30.1 Å². The summed E-state index contributed by atoms with van der Waals surface area (Å²) in [4.78, 5) is 26.9. The summed E-state index contributed by atoms with van der Waals surface area (Å²) in [6.07, 6.45) is 1.77. The fourth-order valence-corrected chi connectivity index (χ4v) is 1.87. The van der Waals surface area contributed by atoms with Crippen molar-refractivity contribution >= 4 is 17.8 Å². The van der Waals surface area contributed by atoms with Gasteiger partial charge in [-0.25, -0.2) is 5.10 Å². The minimum atomic E-state index is -0.811. The Morgan fingerprint density at radius 1 is 1.17 bits per heavy atom. The first kappa shape index (κ1) is 16.3. The average molecular weight is 319 g/mol. The molecule has 0 saturated heterocycles. The number of amides is 2. The van der Waals surface area contributed by atoms with E-state index in [1.807, 2.05) is 12.1 Å². The molecule has 2 aromatic rings. The van der Waals surface area contributed by atoms with E-state index in [9.17, 15) is 9.59 Å². The molecule has 9 nitrogen and oxygen atoms in total. The number of carbonyl (C=O) groups excluding carboxylic acids is 2. The molecule has 0 bridgehead atoms. The summed E-state index contributed by atoms with van der Waals surface area (Å²) < 4.78 is 10.4. The summed E-state index contributed by atoms with van der Waals surface area (Å²) in [5.41, 5.74) is 0.943. The predicted octanol–water partition coefficient (Wildman–Crippen LogP) is 0.119. The molecule has 23 heavy (non-hydrogen) atoms. The van der Waals surface area contributed by atoms with Crippen LogP contribution in [0.25, 0.3) is 0 Å². The van der Waals surface area contributed by atoms with Crippen LogP contribution in [0.4, 0.5) is 5.95 Å². The number of nitrogens with zero attached hydrogens (tertiary/aromatic N) is 2. The first-order chi connectivity index (χ1) is 11.1. The topological polar surface area (TPSA) is 118 Å². The van der Waals surface area contributed by atoms with Crippen molar-refractivity contribution in [1.82, 2.24) is 20.5 Å². The van der Waals surface area contributed by atoms with Gasteiger partial charge in [0.05, 0.1) is 14.2 Å². The molecule has 0 aliphatic heterocycles. The zero-order valence-corrected chi connectivity index (χ0v) is 12.8. The largest absolute Gasteiger partial charge is 0.493 e. The molecule has 0 aliphatic carbocycles. The molecule has 0 unspecified atom stereocenters. The van der Waals surface area contributed by atoms with Gasteiger partial charge in [-0.15, -0.1) is 0 Å². The van der Waals surface area contributed by atoms with E-state index in [0.29, 0.717) is 24.5 Å². The number of ether oxygens (including phenoxy) is 2. The molecule has 2 amide bonds. The van der Waals surface area contributed by atoms with Crippen molar-refractivity contribution in [3.8, 4) is 11.5 Å². The van der Waals surface area contributed by atoms with E-state index >= 15 is 0 Å². The molecule has 1 aromatic heterocycles. The smallest absolute Gasteiger partial charge is 0.316 e. The Kier molecular flexibility index (Phi) is 5.50. The average Bonchev–Trinajstić information content (AvgIpc) is 3.07. The third-order valence-corrected chi connectivity index (χ3v) is 3.00. The van der Waals surface area contributed by atoms with Crippen LogP contribution in [0.5, 0.6) is 11.5 Å². The lowest BCUT2D eigenvalue weighted by molar-refractivity contribution is -0.136. The molecule has 3 N–H and O–H groups in total. The second kappa shape index (κ2) is 7.78. The zero-order chi connectivity index (χ0) is 16.7. The van der Waals surface area contributed by atoms with E-state index in [1.165, 1.54) is 6.33 Å². The van der Waals surface area contributed by atoms with Crippen LogP contribution >= 0.6 is 0 Å². The van der Waals surface area contributed by atoms with Crippen molar-refractivity contribution in [2.45, 2.75) is 6.42 Å². The standard InChI is InChI=1S/C14H17N5O4/c1-22-10-4-3-9(7-11(10)23-2)5-6-15-12(20)13(21)18-14-16-8-17-19-14/h3-4,7-8H,5-6H2,1-2H3,(H,15,20)(H2,16,17,18,19,21). The minimum absolute atomic E-state index is 0.116. The number of hydrogen-bond donors (Lipinski definition) is 3. The molecule has 122 valence electrons. The fourth-order valence-electron chi connectivity index (χ4n) is 1.87. The molecule has 0 saturated carbocycles. The zero-order valence-electron chi connectivity index (χ0n) is 12.8. The number of benzene rings is 1. The number of rotatable bonds is 6. The maximum Gasteiger partial charge on any atom is 0.316 e. The third kappa shape index (κ3) is 4.43. The Balaban J connectivity index is 1.82. The summed E-state index contributed by atoms with van der Waals surface area (Å²) in [6.45, 7) is 0.304. The van der Waals surface area contributed by atoms with Crippen LogP contribution in [-0.4, -0.2) is 47.8 Å². The summed E-state index contributed by atoms with van der Waals surface area (Å²) in [7, 11) is 3.11. The van der Waals surface area contributed by atoms with Gasteiger partial charge in [-0.05, 0) is 24.1 Å². The number of aromatic amines is 1. The number of aromatic nitrogens is 3. The molecule has 0 radical (unpaired) electrons. The molecular weight excluding hydrogens is 302 g/mol. The Morgan fingerprint density at radius 2 is 1.96 bits per heavy atom. The Bertz CT molecular complexity index is 672. The van der Waals surface area contributed by atoms with Crippen molar-refractivity contribution < 1.29 is 19.1 Å². The maximum absolute atomic E-state index is 11.7. The molecule has 1 aromatic carbocycles. The Morgan fingerprint density at radius 3 is 2.61 bits per heavy atom. The van der Waals surface area contributed by atoms with E-state index in [-0.39, 0.29) is 5.95 Å². The van der Waals surface area contributed by atoms with Crippen LogP contribution in [0.3, 0.4) is 0 Å².